The molecule has 0 fully saturated rings. The molecular weight excluding hydrogens is 354 g/mol. The standard InChI is InChI=1S/C19H19NO7/c1-24-14-7-8-16(25-2)15(10-14)20-17(21)11-27-19(23)13-6-4-5-12(9-13)18(22)26-3/h4-10H,11H2,1-3H3,(H,20,21). The average Bonchev–Trinajstić information content (AvgIpc) is 2.71. The summed E-state index contributed by atoms with van der Waals surface area (Å²) in [5.74, 6) is -0.913. The SMILES string of the molecule is COC(=O)c1cccc(C(=O)OCC(=O)Nc2cc(OC)ccc2OC)c1. The number of carbonyl (C=O) groups excluding carboxylic acids is 3. The van der Waals surface area contributed by atoms with Gasteiger partial charge >= 0.3 is 11.9 Å². The van der Waals surface area contributed by atoms with Crippen LogP contribution in [0.1, 0.15) is 20.7 Å². The molecule has 0 radical (unpaired) electrons. The summed E-state index contributed by atoms with van der Waals surface area (Å²) >= 11 is 0. The summed E-state index contributed by atoms with van der Waals surface area (Å²) in [7, 11) is 4.20. The smallest absolute Gasteiger partial charge is 0.338 e. The molecule has 0 saturated carbocycles. The Hall–Kier alpha value is -3.55. The normalized spacial score (nSPS) is 9.89. The van der Waals surface area contributed by atoms with Crippen molar-refractivity contribution in [3.8, 4) is 11.5 Å². The van der Waals surface area contributed by atoms with Gasteiger partial charge in [0.25, 0.3) is 5.91 Å². The molecule has 0 aliphatic carbocycles. The summed E-state index contributed by atoms with van der Waals surface area (Å²) in [4.78, 5) is 35.7. The van der Waals surface area contributed by atoms with Gasteiger partial charge in [-0.25, -0.2) is 9.59 Å². The molecule has 0 saturated heterocycles. The zero-order chi connectivity index (χ0) is 19.8. The Balaban J connectivity index is 2.00. The van der Waals surface area contributed by atoms with Crippen molar-refractivity contribution in [2.45, 2.75) is 0 Å². The van der Waals surface area contributed by atoms with Crippen molar-refractivity contribution < 1.29 is 33.3 Å². The minimum absolute atomic E-state index is 0.129. The Morgan fingerprint density at radius 2 is 1.59 bits per heavy atom. The fourth-order valence-corrected chi connectivity index (χ4v) is 2.20. The molecule has 1 amide bonds. The van der Waals surface area contributed by atoms with Gasteiger partial charge in [-0.2, -0.15) is 0 Å². The predicted octanol–water partition coefficient (Wildman–Crippen LogP) is 2.29. The van der Waals surface area contributed by atoms with Crippen molar-refractivity contribution >= 4 is 23.5 Å². The first-order chi connectivity index (χ1) is 13.0. The zero-order valence-electron chi connectivity index (χ0n) is 15.1. The van der Waals surface area contributed by atoms with Gasteiger partial charge in [-0.1, -0.05) is 6.07 Å². The molecule has 0 aliphatic heterocycles. The molecule has 0 aliphatic rings. The first-order valence-electron chi connectivity index (χ1n) is 7.86. The molecule has 0 atom stereocenters. The van der Waals surface area contributed by atoms with Gasteiger partial charge in [0.05, 0.1) is 38.1 Å². The number of amides is 1. The summed E-state index contributed by atoms with van der Waals surface area (Å²) < 4.78 is 19.9. The molecule has 0 heterocycles. The van der Waals surface area contributed by atoms with Crippen LogP contribution in [0, 0.1) is 0 Å². The number of esters is 2. The number of hydrogen-bond donors (Lipinski definition) is 1. The number of rotatable bonds is 7. The number of benzene rings is 2. The fraction of sp³-hybridized carbons (Fsp3) is 0.211. The average molecular weight is 373 g/mol. The molecule has 0 aromatic heterocycles. The van der Waals surface area contributed by atoms with Crippen LogP contribution >= 0.6 is 0 Å². The maximum absolute atomic E-state index is 12.1. The van der Waals surface area contributed by atoms with Gasteiger partial charge in [-0.05, 0) is 30.3 Å². The summed E-state index contributed by atoms with van der Waals surface area (Å²) in [5, 5.41) is 2.59. The van der Waals surface area contributed by atoms with E-state index in [2.05, 4.69) is 10.1 Å². The molecule has 0 spiro atoms. The molecule has 142 valence electrons. The number of hydrogen-bond acceptors (Lipinski definition) is 7. The van der Waals surface area contributed by atoms with Gasteiger partial charge in [0, 0.05) is 6.07 Å². The van der Waals surface area contributed by atoms with Gasteiger partial charge in [0.15, 0.2) is 6.61 Å². The van der Waals surface area contributed by atoms with Gasteiger partial charge in [-0.3, -0.25) is 4.79 Å². The van der Waals surface area contributed by atoms with E-state index in [0.29, 0.717) is 17.2 Å². The van der Waals surface area contributed by atoms with E-state index >= 15 is 0 Å². The highest BCUT2D eigenvalue weighted by Crippen LogP contribution is 2.28. The van der Waals surface area contributed by atoms with Crippen molar-refractivity contribution in [2.24, 2.45) is 0 Å². The summed E-state index contributed by atoms with van der Waals surface area (Å²) in [6.45, 7) is -0.512. The molecule has 1 N–H and O–H groups in total. The Morgan fingerprint density at radius 1 is 0.889 bits per heavy atom. The number of carbonyl (C=O) groups is 3. The minimum atomic E-state index is -0.742. The summed E-state index contributed by atoms with van der Waals surface area (Å²) in [6, 6.07) is 10.7. The molecule has 27 heavy (non-hydrogen) atoms. The number of anilines is 1. The second-order valence-corrected chi connectivity index (χ2v) is 5.26. The lowest BCUT2D eigenvalue weighted by Gasteiger charge is -2.12. The second-order valence-electron chi connectivity index (χ2n) is 5.26. The van der Waals surface area contributed by atoms with Crippen LogP contribution in [-0.2, 0) is 14.3 Å². The monoisotopic (exact) mass is 373 g/mol. The molecule has 0 unspecified atom stereocenters. The maximum Gasteiger partial charge on any atom is 0.338 e. The Morgan fingerprint density at radius 3 is 2.22 bits per heavy atom. The van der Waals surface area contributed by atoms with E-state index in [0.717, 1.165) is 0 Å². The molecule has 8 nitrogen and oxygen atoms in total. The lowest BCUT2D eigenvalue weighted by atomic mass is 10.1. The number of nitrogens with one attached hydrogen (secondary N) is 1. The van der Waals surface area contributed by atoms with Crippen molar-refractivity contribution in [2.75, 3.05) is 33.3 Å². The zero-order valence-corrected chi connectivity index (χ0v) is 15.1. The minimum Gasteiger partial charge on any atom is -0.497 e. The fourth-order valence-electron chi connectivity index (χ4n) is 2.20. The van der Waals surface area contributed by atoms with Crippen LogP contribution in [0.2, 0.25) is 0 Å². The van der Waals surface area contributed by atoms with E-state index in [1.807, 2.05) is 0 Å². The van der Waals surface area contributed by atoms with Crippen molar-refractivity contribution in [3.63, 3.8) is 0 Å². The largest absolute Gasteiger partial charge is 0.497 e. The molecule has 2 aromatic rings. The first-order valence-corrected chi connectivity index (χ1v) is 7.86. The summed E-state index contributed by atoms with van der Waals surface area (Å²) in [5.41, 5.74) is 0.716. The first kappa shape index (κ1) is 19.8. The van der Waals surface area contributed by atoms with Gasteiger partial charge in [0.2, 0.25) is 0 Å². The van der Waals surface area contributed by atoms with Crippen LogP contribution in [0.15, 0.2) is 42.5 Å². The third-order valence-corrected chi connectivity index (χ3v) is 3.53. The molecule has 8 heteroatoms. The molecule has 2 rings (SSSR count). The quantitative estimate of drug-likeness (QED) is 0.743. The Kier molecular flexibility index (Phi) is 6.76. The molecular formula is C19H19NO7. The van der Waals surface area contributed by atoms with Crippen LogP contribution in [0.5, 0.6) is 11.5 Å². The Labute approximate surface area is 156 Å². The lowest BCUT2D eigenvalue weighted by Crippen LogP contribution is -2.21. The highest BCUT2D eigenvalue weighted by Gasteiger charge is 2.15. The van der Waals surface area contributed by atoms with Crippen molar-refractivity contribution in [1.82, 2.24) is 0 Å². The van der Waals surface area contributed by atoms with E-state index in [-0.39, 0.29) is 11.1 Å². The van der Waals surface area contributed by atoms with Crippen LogP contribution in [0.4, 0.5) is 5.69 Å². The van der Waals surface area contributed by atoms with Crippen LogP contribution in [0.25, 0.3) is 0 Å². The molecule has 2 aromatic carbocycles. The van der Waals surface area contributed by atoms with E-state index in [1.54, 1.807) is 18.2 Å². The van der Waals surface area contributed by atoms with Crippen LogP contribution < -0.4 is 14.8 Å². The van der Waals surface area contributed by atoms with Crippen molar-refractivity contribution in [1.29, 1.82) is 0 Å². The van der Waals surface area contributed by atoms with Crippen LogP contribution in [-0.4, -0.2) is 45.8 Å². The highest BCUT2D eigenvalue weighted by atomic mass is 16.5. The van der Waals surface area contributed by atoms with Crippen molar-refractivity contribution in [3.05, 3.63) is 53.6 Å². The lowest BCUT2D eigenvalue weighted by molar-refractivity contribution is -0.119. The van der Waals surface area contributed by atoms with E-state index in [9.17, 15) is 14.4 Å². The maximum atomic E-state index is 12.1. The third-order valence-electron chi connectivity index (χ3n) is 3.53. The molecule has 0 bridgehead atoms. The van der Waals surface area contributed by atoms with E-state index in [1.165, 1.54) is 45.6 Å². The predicted molar refractivity (Wildman–Crippen MR) is 96.2 cm³/mol. The summed E-state index contributed by atoms with van der Waals surface area (Å²) in [6.07, 6.45) is 0. The van der Waals surface area contributed by atoms with Crippen LogP contribution in [0.3, 0.4) is 0 Å². The van der Waals surface area contributed by atoms with Gasteiger partial charge in [-0.15, -0.1) is 0 Å². The van der Waals surface area contributed by atoms with E-state index < -0.39 is 24.5 Å². The van der Waals surface area contributed by atoms with E-state index in [4.69, 9.17) is 14.2 Å². The number of methoxy groups -OCH3 is 3. The third kappa shape index (κ3) is 5.21. The van der Waals surface area contributed by atoms with Gasteiger partial charge in [0.1, 0.15) is 11.5 Å². The number of ether oxygens (including phenoxy) is 4. The Bertz CT molecular complexity index is 848. The second kappa shape index (κ2) is 9.23. The highest BCUT2D eigenvalue weighted by molar-refractivity contribution is 5.98. The van der Waals surface area contributed by atoms with Gasteiger partial charge < -0.3 is 24.3 Å². The topological polar surface area (TPSA) is 100 Å².